The Morgan fingerprint density at radius 2 is 1.31 bits per heavy atom. The second-order valence-corrected chi connectivity index (χ2v) is 9.10. The van der Waals surface area contributed by atoms with Crippen LogP contribution >= 0.6 is 0 Å². The van der Waals surface area contributed by atoms with Gasteiger partial charge in [0.15, 0.2) is 0 Å². The first-order valence-corrected chi connectivity index (χ1v) is 12.1. The molecule has 0 bridgehead atoms. The molecule has 1 amide bonds. The minimum Gasteiger partial charge on any atom is -0.478 e. The number of carbonyl (C=O) groups is 2. The van der Waals surface area contributed by atoms with Crippen LogP contribution in [0.5, 0.6) is 0 Å². The lowest BCUT2D eigenvalue weighted by Crippen LogP contribution is -2.62. The Balaban J connectivity index is 1.53. The van der Waals surface area contributed by atoms with E-state index in [1.807, 2.05) is 95.9 Å². The molecule has 2 atom stereocenters. The van der Waals surface area contributed by atoms with Gasteiger partial charge in [0, 0.05) is 26.1 Å². The van der Waals surface area contributed by atoms with Gasteiger partial charge in [-0.25, -0.2) is 4.79 Å². The highest BCUT2D eigenvalue weighted by Gasteiger charge is 2.57. The standard InChI is InChI=1S/C29H32N2O4/c32-27(18-10-17-23-11-4-1-5-12-23)31-20-19-26(29(31,35)28(33)34)30(21-24-13-6-2-7-14-24)22-25-15-8-3-9-16-25/h1-9,11-16,26,35H,10,17-22H2,(H,33,34)/t26-,29-/m0/s1. The number of aliphatic hydroxyl groups is 1. The lowest BCUT2D eigenvalue weighted by molar-refractivity contribution is -0.192. The molecule has 0 unspecified atom stereocenters. The summed E-state index contributed by atoms with van der Waals surface area (Å²) in [5.41, 5.74) is 0.880. The topological polar surface area (TPSA) is 81.1 Å². The van der Waals surface area contributed by atoms with Crippen LogP contribution in [0.4, 0.5) is 0 Å². The monoisotopic (exact) mass is 472 g/mol. The summed E-state index contributed by atoms with van der Waals surface area (Å²) in [6.45, 7) is 1.13. The van der Waals surface area contributed by atoms with Crippen LogP contribution in [-0.2, 0) is 29.1 Å². The molecule has 1 aliphatic rings. The minimum atomic E-state index is -2.28. The van der Waals surface area contributed by atoms with Crippen LogP contribution in [0.2, 0.25) is 0 Å². The number of rotatable bonds is 10. The van der Waals surface area contributed by atoms with Crippen molar-refractivity contribution in [2.24, 2.45) is 0 Å². The van der Waals surface area contributed by atoms with Crippen molar-refractivity contribution in [1.29, 1.82) is 0 Å². The van der Waals surface area contributed by atoms with E-state index in [1.54, 1.807) is 0 Å². The number of aliphatic carboxylic acids is 1. The van der Waals surface area contributed by atoms with Crippen molar-refractivity contribution in [3.63, 3.8) is 0 Å². The van der Waals surface area contributed by atoms with Gasteiger partial charge in [-0.3, -0.25) is 9.69 Å². The summed E-state index contributed by atoms with van der Waals surface area (Å²) in [7, 11) is 0. The predicted octanol–water partition coefficient (Wildman–Crippen LogP) is 4.09. The lowest BCUT2D eigenvalue weighted by atomic mass is 10.00. The Hall–Kier alpha value is -3.48. The van der Waals surface area contributed by atoms with Crippen LogP contribution in [0.25, 0.3) is 0 Å². The van der Waals surface area contributed by atoms with Crippen molar-refractivity contribution < 1.29 is 19.8 Å². The molecule has 6 nitrogen and oxygen atoms in total. The molecule has 3 aromatic rings. The molecule has 6 heteroatoms. The van der Waals surface area contributed by atoms with E-state index in [2.05, 4.69) is 0 Å². The molecule has 1 aliphatic heterocycles. The van der Waals surface area contributed by atoms with E-state index >= 15 is 0 Å². The maximum atomic E-state index is 13.1. The first-order valence-electron chi connectivity index (χ1n) is 12.1. The SMILES string of the molecule is O=C(CCCc1ccccc1)N1CC[C@H](N(Cc2ccccc2)Cc2ccccc2)[C@]1(O)C(=O)O. The van der Waals surface area contributed by atoms with Crippen molar-refractivity contribution in [3.8, 4) is 0 Å². The number of carbonyl (C=O) groups excluding carboxylic acids is 1. The molecule has 0 spiro atoms. The van der Waals surface area contributed by atoms with Gasteiger partial charge in [0.25, 0.3) is 5.72 Å². The Morgan fingerprint density at radius 3 is 1.80 bits per heavy atom. The van der Waals surface area contributed by atoms with Crippen molar-refractivity contribution in [3.05, 3.63) is 108 Å². The van der Waals surface area contributed by atoms with Crippen LogP contribution in [0.1, 0.15) is 36.0 Å². The Morgan fingerprint density at radius 1 is 0.829 bits per heavy atom. The van der Waals surface area contributed by atoms with Gasteiger partial charge in [0.05, 0.1) is 6.04 Å². The van der Waals surface area contributed by atoms with E-state index in [0.717, 1.165) is 23.1 Å². The largest absolute Gasteiger partial charge is 0.478 e. The van der Waals surface area contributed by atoms with Crippen LogP contribution in [0.3, 0.4) is 0 Å². The third-order valence-corrected chi connectivity index (χ3v) is 6.71. The summed E-state index contributed by atoms with van der Waals surface area (Å²) in [5.74, 6) is -1.71. The highest BCUT2D eigenvalue weighted by molar-refractivity contribution is 5.87. The molecule has 0 aromatic heterocycles. The minimum absolute atomic E-state index is 0.189. The fourth-order valence-electron chi connectivity index (χ4n) is 4.95. The summed E-state index contributed by atoms with van der Waals surface area (Å²) in [5, 5.41) is 21.7. The van der Waals surface area contributed by atoms with Gasteiger partial charge < -0.3 is 15.1 Å². The smallest absolute Gasteiger partial charge is 0.359 e. The molecule has 3 aromatic carbocycles. The number of likely N-dealkylation sites (tertiary alicyclic amines) is 1. The molecule has 4 rings (SSSR count). The zero-order chi connectivity index (χ0) is 24.7. The van der Waals surface area contributed by atoms with E-state index in [0.29, 0.717) is 25.9 Å². The fourth-order valence-corrected chi connectivity index (χ4v) is 4.95. The molecule has 1 saturated heterocycles. The van der Waals surface area contributed by atoms with E-state index in [9.17, 15) is 19.8 Å². The molecule has 2 N–H and O–H groups in total. The lowest BCUT2D eigenvalue weighted by Gasteiger charge is -2.39. The molecule has 1 heterocycles. The van der Waals surface area contributed by atoms with Gasteiger partial charge in [-0.2, -0.15) is 0 Å². The Kier molecular flexibility index (Phi) is 7.95. The van der Waals surface area contributed by atoms with E-state index in [4.69, 9.17) is 0 Å². The van der Waals surface area contributed by atoms with Crippen molar-refractivity contribution in [2.45, 2.75) is 50.5 Å². The maximum Gasteiger partial charge on any atom is 0.359 e. The number of hydrogen-bond acceptors (Lipinski definition) is 4. The van der Waals surface area contributed by atoms with Gasteiger partial charge in [-0.05, 0) is 36.0 Å². The van der Waals surface area contributed by atoms with Crippen molar-refractivity contribution in [2.75, 3.05) is 6.54 Å². The normalized spacial score (nSPS) is 19.7. The van der Waals surface area contributed by atoms with Gasteiger partial charge in [-0.15, -0.1) is 0 Å². The predicted molar refractivity (Wildman–Crippen MR) is 134 cm³/mol. The number of carboxylic acids is 1. The molecule has 0 radical (unpaired) electrons. The van der Waals surface area contributed by atoms with Crippen LogP contribution in [-0.4, -0.2) is 50.2 Å². The molecule has 182 valence electrons. The van der Waals surface area contributed by atoms with E-state index < -0.39 is 17.7 Å². The third kappa shape index (κ3) is 5.78. The van der Waals surface area contributed by atoms with Crippen molar-refractivity contribution in [1.82, 2.24) is 9.80 Å². The number of amides is 1. The van der Waals surface area contributed by atoms with Crippen LogP contribution in [0.15, 0.2) is 91.0 Å². The highest BCUT2D eigenvalue weighted by Crippen LogP contribution is 2.34. The Bertz CT molecular complexity index is 1070. The third-order valence-electron chi connectivity index (χ3n) is 6.71. The fraction of sp³-hybridized carbons (Fsp3) is 0.310. The molecule has 1 fully saturated rings. The maximum absolute atomic E-state index is 13.1. The number of hydrogen-bond donors (Lipinski definition) is 2. The molecular weight excluding hydrogens is 440 g/mol. The summed E-state index contributed by atoms with van der Waals surface area (Å²) >= 11 is 0. The second-order valence-electron chi connectivity index (χ2n) is 9.10. The summed E-state index contributed by atoms with van der Waals surface area (Å²) in [6.07, 6.45) is 1.89. The second kappa shape index (κ2) is 11.3. The first-order chi connectivity index (χ1) is 17.0. The van der Waals surface area contributed by atoms with E-state index in [1.165, 1.54) is 4.90 Å². The van der Waals surface area contributed by atoms with Crippen LogP contribution in [0, 0.1) is 0 Å². The molecule has 0 aliphatic carbocycles. The van der Waals surface area contributed by atoms with Gasteiger partial charge in [-0.1, -0.05) is 91.0 Å². The molecule has 0 saturated carbocycles. The number of benzene rings is 3. The van der Waals surface area contributed by atoms with Gasteiger partial charge >= 0.3 is 5.97 Å². The molecule has 35 heavy (non-hydrogen) atoms. The van der Waals surface area contributed by atoms with Crippen molar-refractivity contribution >= 4 is 11.9 Å². The van der Waals surface area contributed by atoms with Gasteiger partial charge in [0.2, 0.25) is 5.91 Å². The summed E-state index contributed by atoms with van der Waals surface area (Å²) < 4.78 is 0. The average molecular weight is 473 g/mol. The molecular formula is C29H32N2O4. The highest BCUT2D eigenvalue weighted by atomic mass is 16.4. The number of aryl methyl sites for hydroxylation is 1. The summed E-state index contributed by atoms with van der Waals surface area (Å²) in [4.78, 5) is 28.8. The number of carboxylic acid groups (broad SMARTS) is 1. The van der Waals surface area contributed by atoms with E-state index in [-0.39, 0.29) is 18.9 Å². The zero-order valence-electron chi connectivity index (χ0n) is 19.8. The average Bonchev–Trinajstić information content (AvgIpc) is 3.24. The number of nitrogens with zero attached hydrogens (tertiary/aromatic N) is 2. The van der Waals surface area contributed by atoms with Crippen LogP contribution < -0.4 is 0 Å². The quantitative estimate of drug-likeness (QED) is 0.465. The van der Waals surface area contributed by atoms with Gasteiger partial charge in [0.1, 0.15) is 0 Å². The summed E-state index contributed by atoms with van der Waals surface area (Å²) in [6, 6.07) is 28.7. The Labute approximate surface area is 206 Å². The zero-order valence-corrected chi connectivity index (χ0v) is 19.8. The first kappa shape index (κ1) is 24.6.